The summed E-state index contributed by atoms with van der Waals surface area (Å²) in [6, 6.07) is 0. The average molecular weight is 413 g/mol. The van der Waals surface area contributed by atoms with E-state index < -0.39 is 13.4 Å². The van der Waals surface area contributed by atoms with Gasteiger partial charge >= 0.3 is 64.8 Å². The van der Waals surface area contributed by atoms with Crippen molar-refractivity contribution in [2.75, 3.05) is 0 Å². The summed E-state index contributed by atoms with van der Waals surface area (Å²) in [5.41, 5.74) is 0. The van der Waals surface area contributed by atoms with Crippen molar-refractivity contribution in [1.82, 2.24) is 0 Å². The first-order valence-electron chi connectivity index (χ1n) is 6.11. The van der Waals surface area contributed by atoms with Crippen LogP contribution in [0.4, 0.5) is 0 Å². The van der Waals surface area contributed by atoms with Crippen molar-refractivity contribution in [3.05, 3.63) is 0 Å². The van der Waals surface area contributed by atoms with Crippen LogP contribution in [-0.2, 0) is 23.6 Å². The SMILES string of the molecule is CCC(C)C.CCC(C)C.OP(O)(O)=S.OP(O)(O)=S.[KH]. The summed E-state index contributed by atoms with van der Waals surface area (Å²) in [5.74, 6) is 1.77. The first kappa shape index (κ1) is 34.9. The third-order valence-electron chi connectivity index (χ3n) is 1.63. The molecule has 0 aromatic heterocycles. The molecule has 6 N–H and O–H groups in total. The van der Waals surface area contributed by atoms with E-state index in [4.69, 9.17) is 29.4 Å². The Kier molecular flexibility index (Phi) is 34.5. The zero-order chi connectivity index (χ0) is 17.6. The molecule has 0 aliphatic heterocycles. The third kappa shape index (κ3) is 217. The quantitative estimate of drug-likeness (QED) is 0.300. The molecule has 0 saturated carbocycles. The van der Waals surface area contributed by atoms with Crippen molar-refractivity contribution < 1.29 is 29.4 Å². The van der Waals surface area contributed by atoms with Gasteiger partial charge < -0.3 is 29.4 Å². The molecule has 0 rings (SSSR count). The Morgan fingerprint density at radius 2 is 0.714 bits per heavy atom. The Balaban J connectivity index is -0.0000000533. The molecule has 21 heavy (non-hydrogen) atoms. The van der Waals surface area contributed by atoms with Crippen LogP contribution in [0, 0.1) is 11.8 Å². The molecule has 0 aromatic rings. The van der Waals surface area contributed by atoms with Gasteiger partial charge in [-0.25, -0.2) is 0 Å². The molecule has 0 aliphatic rings. The molecule has 0 spiro atoms. The van der Waals surface area contributed by atoms with Crippen LogP contribution < -0.4 is 0 Å². The Hall–Kier alpha value is 2.70. The summed E-state index contributed by atoms with van der Waals surface area (Å²) >= 11 is 7.21. The van der Waals surface area contributed by atoms with E-state index >= 15 is 0 Å². The molecule has 0 radical (unpaired) electrons. The molecule has 0 heterocycles. The zero-order valence-corrected chi connectivity index (χ0v) is 16.4. The maximum absolute atomic E-state index is 7.56. The topological polar surface area (TPSA) is 121 Å². The van der Waals surface area contributed by atoms with Crippen LogP contribution in [0.3, 0.4) is 0 Å². The fourth-order valence-electron chi connectivity index (χ4n) is 0. The van der Waals surface area contributed by atoms with Crippen molar-refractivity contribution in [1.29, 1.82) is 0 Å². The van der Waals surface area contributed by atoms with Gasteiger partial charge in [-0.15, -0.1) is 0 Å². The van der Waals surface area contributed by atoms with Gasteiger partial charge in [0.2, 0.25) is 0 Å². The van der Waals surface area contributed by atoms with Crippen molar-refractivity contribution >= 4 is 88.4 Å². The van der Waals surface area contributed by atoms with Gasteiger partial charge in [-0.05, 0) is 35.4 Å². The molecule has 0 unspecified atom stereocenters. The summed E-state index contributed by atoms with van der Waals surface area (Å²) in [4.78, 5) is 45.3. The van der Waals surface area contributed by atoms with E-state index in [2.05, 4.69) is 65.2 Å². The predicted octanol–water partition coefficient (Wildman–Crippen LogP) is 1.83. The van der Waals surface area contributed by atoms with Gasteiger partial charge in [0.1, 0.15) is 0 Å². The Morgan fingerprint density at radius 1 is 0.667 bits per heavy atom. The molecule has 0 bridgehead atoms. The van der Waals surface area contributed by atoms with Gasteiger partial charge in [0, 0.05) is 0 Å². The van der Waals surface area contributed by atoms with E-state index in [0.717, 1.165) is 11.8 Å². The first-order chi connectivity index (χ1) is 8.54. The van der Waals surface area contributed by atoms with Crippen molar-refractivity contribution in [2.45, 2.75) is 54.4 Å². The average Bonchev–Trinajstić information content (AvgIpc) is 2.13. The minimum absolute atomic E-state index is 0. The number of rotatable bonds is 2. The Bertz CT molecular complexity index is 236. The summed E-state index contributed by atoms with van der Waals surface area (Å²) in [7, 11) is 0. The summed E-state index contributed by atoms with van der Waals surface area (Å²) < 4.78 is 0. The molecule has 0 aromatic carbocycles. The molecule has 6 nitrogen and oxygen atoms in total. The number of hydrogen-bond donors (Lipinski definition) is 6. The molecule has 0 atom stereocenters. The van der Waals surface area contributed by atoms with E-state index in [1.54, 1.807) is 0 Å². The van der Waals surface area contributed by atoms with Crippen molar-refractivity contribution in [3.63, 3.8) is 0 Å². The second-order valence-electron chi connectivity index (χ2n) is 4.63. The number of hydrogen-bond acceptors (Lipinski definition) is 2. The van der Waals surface area contributed by atoms with Crippen molar-refractivity contribution in [2.24, 2.45) is 11.8 Å². The van der Waals surface area contributed by atoms with Crippen molar-refractivity contribution in [3.8, 4) is 0 Å². The van der Waals surface area contributed by atoms with Gasteiger partial charge in [0.25, 0.3) is 0 Å². The van der Waals surface area contributed by atoms with Crippen LogP contribution in [-0.4, -0.2) is 80.7 Å². The van der Waals surface area contributed by atoms with E-state index in [9.17, 15) is 0 Å². The van der Waals surface area contributed by atoms with E-state index in [1.807, 2.05) is 0 Å². The fourth-order valence-corrected chi connectivity index (χ4v) is 0. The van der Waals surface area contributed by atoms with Gasteiger partial charge in [0.15, 0.2) is 0 Å². The summed E-state index contributed by atoms with van der Waals surface area (Å²) in [5, 5.41) is 0. The molecule has 11 heteroatoms. The van der Waals surface area contributed by atoms with Crippen LogP contribution in [0.5, 0.6) is 0 Å². The van der Waals surface area contributed by atoms with Gasteiger partial charge in [-0.1, -0.05) is 54.4 Å². The van der Waals surface area contributed by atoms with Gasteiger partial charge in [0.05, 0.1) is 0 Å². The second-order valence-corrected chi connectivity index (χ2v) is 9.62. The molecule has 0 fully saturated rings. The first-order valence-corrected chi connectivity index (χ1v) is 11.4. The summed E-state index contributed by atoms with van der Waals surface area (Å²) in [6.07, 6.45) is 2.61. The summed E-state index contributed by atoms with van der Waals surface area (Å²) in [6.45, 7) is 5.68. The predicted molar refractivity (Wildman–Crippen MR) is 99.3 cm³/mol. The monoisotopic (exact) mass is 412 g/mol. The minimum atomic E-state index is -3.81. The molecule has 0 amide bonds. The van der Waals surface area contributed by atoms with Gasteiger partial charge in [-0.3, -0.25) is 0 Å². The van der Waals surface area contributed by atoms with E-state index in [1.165, 1.54) is 12.8 Å². The molecular formula is C10H31KO6P2S2. The normalized spacial score (nSPS) is 10.2. The van der Waals surface area contributed by atoms with Gasteiger partial charge in [-0.2, -0.15) is 0 Å². The maximum atomic E-state index is 7.56. The third-order valence-corrected chi connectivity index (χ3v) is 1.63. The molecular weight excluding hydrogens is 381 g/mol. The van der Waals surface area contributed by atoms with Crippen LogP contribution in [0.2, 0.25) is 0 Å². The fraction of sp³-hybridized carbons (Fsp3) is 1.00. The van der Waals surface area contributed by atoms with Crippen LogP contribution in [0.15, 0.2) is 0 Å². The molecule has 0 aliphatic carbocycles. The van der Waals surface area contributed by atoms with E-state index in [-0.39, 0.29) is 51.4 Å². The van der Waals surface area contributed by atoms with Crippen LogP contribution in [0.25, 0.3) is 0 Å². The van der Waals surface area contributed by atoms with Crippen LogP contribution in [0.1, 0.15) is 54.4 Å². The van der Waals surface area contributed by atoms with Crippen LogP contribution >= 0.6 is 13.4 Å². The molecule has 0 saturated heterocycles. The zero-order valence-electron chi connectivity index (χ0n) is 13.0. The second kappa shape index (κ2) is 20.7. The molecule has 130 valence electrons. The Morgan fingerprint density at radius 3 is 0.714 bits per heavy atom. The standard InChI is InChI=1S/2C5H12.K.2H3O3PS.H/c2*1-4-5(2)3;;2*1-4(2,3)5;/h2*5H,4H2,1-3H3;;2*(H3,1,2,3,5);. The van der Waals surface area contributed by atoms with E-state index in [0.29, 0.717) is 0 Å². The Labute approximate surface area is 181 Å².